The second kappa shape index (κ2) is 7.04. The predicted molar refractivity (Wildman–Crippen MR) is 77.9 cm³/mol. The Morgan fingerprint density at radius 2 is 1.67 bits per heavy atom. The first-order chi connectivity index (χ1) is 8.52. The zero-order valence-corrected chi connectivity index (χ0v) is 11.8. The molecule has 1 rings (SSSR count). The van der Waals surface area contributed by atoms with E-state index in [4.69, 9.17) is 0 Å². The van der Waals surface area contributed by atoms with Crippen LogP contribution < -0.4 is 10.6 Å². The Labute approximate surface area is 110 Å². The van der Waals surface area contributed by atoms with Gasteiger partial charge in [-0.2, -0.15) is 0 Å². The highest BCUT2D eigenvalue weighted by molar-refractivity contribution is 5.92. The van der Waals surface area contributed by atoms with Crippen LogP contribution in [0.2, 0.25) is 0 Å². The average molecular weight is 248 g/mol. The summed E-state index contributed by atoms with van der Waals surface area (Å²) in [6.45, 7) is 8.13. The van der Waals surface area contributed by atoms with Gasteiger partial charge in [-0.15, -0.1) is 0 Å². The van der Waals surface area contributed by atoms with Crippen LogP contribution in [0.15, 0.2) is 24.3 Å². The molecule has 1 aromatic carbocycles. The van der Waals surface area contributed by atoms with Crippen LogP contribution in [0.5, 0.6) is 0 Å². The first-order valence-corrected chi connectivity index (χ1v) is 6.70. The number of hydrogen-bond donors (Lipinski definition) is 2. The van der Waals surface area contributed by atoms with Crippen molar-refractivity contribution in [3.63, 3.8) is 0 Å². The van der Waals surface area contributed by atoms with Gasteiger partial charge in [0.25, 0.3) is 0 Å². The Morgan fingerprint density at radius 1 is 1.11 bits per heavy atom. The van der Waals surface area contributed by atoms with E-state index in [1.54, 1.807) is 0 Å². The molecule has 0 aromatic heterocycles. The SMILES string of the molecule is CCCC(C)Nc1ccc(NC(=O)C(C)C)cc1. The third kappa shape index (κ3) is 4.78. The lowest BCUT2D eigenvalue weighted by Gasteiger charge is -2.15. The fourth-order valence-electron chi connectivity index (χ4n) is 1.73. The lowest BCUT2D eigenvalue weighted by molar-refractivity contribution is -0.118. The minimum absolute atomic E-state index is 0.00683. The van der Waals surface area contributed by atoms with E-state index >= 15 is 0 Å². The van der Waals surface area contributed by atoms with E-state index in [0.717, 1.165) is 17.8 Å². The van der Waals surface area contributed by atoms with Crippen LogP contribution in [0.25, 0.3) is 0 Å². The second-order valence-electron chi connectivity index (χ2n) is 5.06. The number of nitrogens with one attached hydrogen (secondary N) is 2. The number of benzene rings is 1. The molecule has 0 aliphatic rings. The summed E-state index contributed by atoms with van der Waals surface area (Å²) in [6.07, 6.45) is 2.34. The van der Waals surface area contributed by atoms with E-state index in [1.165, 1.54) is 6.42 Å². The van der Waals surface area contributed by atoms with Gasteiger partial charge in [-0.1, -0.05) is 27.2 Å². The van der Waals surface area contributed by atoms with E-state index < -0.39 is 0 Å². The Hall–Kier alpha value is -1.51. The fraction of sp³-hybridized carbons (Fsp3) is 0.533. The molecule has 1 amide bonds. The van der Waals surface area contributed by atoms with Gasteiger partial charge in [0.2, 0.25) is 5.91 Å². The topological polar surface area (TPSA) is 41.1 Å². The quantitative estimate of drug-likeness (QED) is 0.802. The zero-order valence-electron chi connectivity index (χ0n) is 11.8. The molecule has 0 aliphatic carbocycles. The summed E-state index contributed by atoms with van der Waals surface area (Å²) >= 11 is 0. The van der Waals surface area contributed by atoms with Gasteiger partial charge in [0.1, 0.15) is 0 Å². The maximum absolute atomic E-state index is 11.5. The molecule has 1 unspecified atom stereocenters. The van der Waals surface area contributed by atoms with Crippen molar-refractivity contribution in [3.05, 3.63) is 24.3 Å². The number of anilines is 2. The number of hydrogen-bond acceptors (Lipinski definition) is 2. The maximum atomic E-state index is 11.5. The highest BCUT2D eigenvalue weighted by Gasteiger charge is 2.07. The minimum Gasteiger partial charge on any atom is -0.383 e. The molecule has 3 nitrogen and oxygen atoms in total. The number of carbonyl (C=O) groups excluding carboxylic acids is 1. The molecule has 2 N–H and O–H groups in total. The van der Waals surface area contributed by atoms with Crippen LogP contribution in [0.3, 0.4) is 0 Å². The van der Waals surface area contributed by atoms with Gasteiger partial charge in [-0.3, -0.25) is 4.79 Å². The van der Waals surface area contributed by atoms with Crippen LogP contribution in [0, 0.1) is 5.92 Å². The number of rotatable bonds is 6. The van der Waals surface area contributed by atoms with Crippen LogP contribution in [-0.4, -0.2) is 11.9 Å². The molecule has 0 radical (unpaired) electrons. The lowest BCUT2D eigenvalue weighted by Crippen LogP contribution is -2.18. The van der Waals surface area contributed by atoms with Gasteiger partial charge in [-0.25, -0.2) is 0 Å². The van der Waals surface area contributed by atoms with Crippen molar-refractivity contribution in [2.24, 2.45) is 5.92 Å². The van der Waals surface area contributed by atoms with Crippen molar-refractivity contribution in [1.82, 2.24) is 0 Å². The van der Waals surface area contributed by atoms with Crippen molar-refractivity contribution >= 4 is 17.3 Å². The summed E-state index contributed by atoms with van der Waals surface area (Å²) in [7, 11) is 0. The highest BCUT2D eigenvalue weighted by Crippen LogP contribution is 2.16. The molecule has 0 spiro atoms. The molecule has 1 atom stereocenters. The summed E-state index contributed by atoms with van der Waals surface area (Å²) in [4.78, 5) is 11.5. The van der Waals surface area contributed by atoms with E-state index in [0.29, 0.717) is 6.04 Å². The van der Waals surface area contributed by atoms with Crippen LogP contribution >= 0.6 is 0 Å². The van der Waals surface area contributed by atoms with Crippen molar-refractivity contribution < 1.29 is 4.79 Å². The molecule has 100 valence electrons. The Morgan fingerprint density at radius 3 is 2.17 bits per heavy atom. The van der Waals surface area contributed by atoms with Crippen LogP contribution in [0.4, 0.5) is 11.4 Å². The Balaban J connectivity index is 2.54. The summed E-state index contributed by atoms with van der Waals surface area (Å²) in [6, 6.07) is 8.35. The van der Waals surface area contributed by atoms with Gasteiger partial charge in [0, 0.05) is 23.3 Å². The van der Waals surface area contributed by atoms with Crippen molar-refractivity contribution in [3.8, 4) is 0 Å². The first kappa shape index (κ1) is 14.6. The van der Waals surface area contributed by atoms with Gasteiger partial charge >= 0.3 is 0 Å². The monoisotopic (exact) mass is 248 g/mol. The van der Waals surface area contributed by atoms with E-state index in [-0.39, 0.29) is 11.8 Å². The molecular weight excluding hydrogens is 224 g/mol. The molecule has 0 bridgehead atoms. The summed E-state index contributed by atoms with van der Waals surface area (Å²) < 4.78 is 0. The summed E-state index contributed by atoms with van der Waals surface area (Å²) in [5, 5.41) is 6.31. The normalized spacial score (nSPS) is 12.3. The van der Waals surface area contributed by atoms with E-state index in [9.17, 15) is 4.79 Å². The largest absolute Gasteiger partial charge is 0.383 e. The number of carbonyl (C=O) groups is 1. The fourth-order valence-corrected chi connectivity index (χ4v) is 1.73. The minimum atomic E-state index is 0.00683. The predicted octanol–water partition coefficient (Wildman–Crippen LogP) is 3.88. The van der Waals surface area contributed by atoms with Crippen molar-refractivity contribution in [2.75, 3.05) is 10.6 Å². The van der Waals surface area contributed by atoms with Crippen LogP contribution in [0.1, 0.15) is 40.5 Å². The first-order valence-electron chi connectivity index (χ1n) is 6.70. The molecule has 18 heavy (non-hydrogen) atoms. The van der Waals surface area contributed by atoms with Gasteiger partial charge in [0.05, 0.1) is 0 Å². The molecule has 1 aromatic rings. The van der Waals surface area contributed by atoms with Crippen LogP contribution in [-0.2, 0) is 4.79 Å². The maximum Gasteiger partial charge on any atom is 0.226 e. The van der Waals surface area contributed by atoms with Gasteiger partial charge < -0.3 is 10.6 Å². The van der Waals surface area contributed by atoms with Gasteiger partial charge in [0.15, 0.2) is 0 Å². The third-order valence-corrected chi connectivity index (χ3v) is 2.81. The highest BCUT2D eigenvalue weighted by atomic mass is 16.1. The molecule has 0 heterocycles. The Bertz CT molecular complexity index is 371. The smallest absolute Gasteiger partial charge is 0.226 e. The Kier molecular flexibility index (Phi) is 5.69. The lowest BCUT2D eigenvalue weighted by atomic mass is 10.1. The molecule has 3 heteroatoms. The van der Waals surface area contributed by atoms with E-state index in [1.807, 2.05) is 38.1 Å². The third-order valence-electron chi connectivity index (χ3n) is 2.81. The molecule has 0 aliphatic heterocycles. The second-order valence-corrected chi connectivity index (χ2v) is 5.06. The summed E-state index contributed by atoms with van der Waals surface area (Å²) in [5.74, 6) is 0.0578. The summed E-state index contributed by atoms with van der Waals surface area (Å²) in [5.41, 5.74) is 1.95. The average Bonchev–Trinajstić information content (AvgIpc) is 2.31. The molecule has 0 saturated heterocycles. The van der Waals surface area contributed by atoms with Crippen molar-refractivity contribution in [2.45, 2.75) is 46.6 Å². The standard InChI is InChI=1S/C15H24N2O/c1-5-6-12(4)16-13-7-9-14(10-8-13)17-15(18)11(2)3/h7-12,16H,5-6H2,1-4H3,(H,17,18). The number of amides is 1. The van der Waals surface area contributed by atoms with Crippen molar-refractivity contribution in [1.29, 1.82) is 0 Å². The van der Waals surface area contributed by atoms with E-state index in [2.05, 4.69) is 24.5 Å². The molecule has 0 saturated carbocycles. The zero-order chi connectivity index (χ0) is 13.5. The van der Waals surface area contributed by atoms with Gasteiger partial charge in [-0.05, 0) is 37.6 Å². The molecule has 0 fully saturated rings. The molecular formula is C15H24N2O.